The van der Waals surface area contributed by atoms with E-state index >= 15 is 0 Å². The molecule has 25 heavy (non-hydrogen) atoms. The molecule has 3 aromatic rings. The van der Waals surface area contributed by atoms with E-state index in [1.807, 2.05) is 62.9 Å². The Labute approximate surface area is 153 Å². The van der Waals surface area contributed by atoms with Crippen LogP contribution in [-0.2, 0) is 0 Å². The van der Waals surface area contributed by atoms with Crippen LogP contribution in [0.4, 0.5) is 5.69 Å². The molecule has 0 saturated carbocycles. The van der Waals surface area contributed by atoms with E-state index in [1.165, 1.54) is 11.3 Å². The van der Waals surface area contributed by atoms with Gasteiger partial charge in [0.2, 0.25) is 0 Å². The number of benzene rings is 2. The fourth-order valence-electron chi connectivity index (χ4n) is 2.81. The van der Waals surface area contributed by atoms with Gasteiger partial charge in [0.15, 0.2) is 0 Å². The van der Waals surface area contributed by atoms with E-state index in [4.69, 9.17) is 0 Å². The summed E-state index contributed by atoms with van der Waals surface area (Å²) in [4.78, 5) is 20.2. The van der Waals surface area contributed by atoms with E-state index in [-0.39, 0.29) is 11.9 Å². The highest BCUT2D eigenvalue weighted by molar-refractivity contribution is 7.17. The van der Waals surface area contributed by atoms with Crippen molar-refractivity contribution >= 4 is 22.9 Å². The molecular weight excluding hydrogens is 328 g/mol. The van der Waals surface area contributed by atoms with Gasteiger partial charge in [-0.25, -0.2) is 4.98 Å². The molecular formula is C21H22N2OS. The second kappa shape index (κ2) is 7.19. The van der Waals surface area contributed by atoms with Crippen LogP contribution in [0, 0.1) is 13.8 Å². The number of hydrogen-bond donors (Lipinski definition) is 0. The molecule has 0 aliphatic heterocycles. The van der Waals surface area contributed by atoms with Crippen LogP contribution in [0.5, 0.6) is 0 Å². The summed E-state index contributed by atoms with van der Waals surface area (Å²) in [5.74, 6) is 0.00313. The Kier molecular flexibility index (Phi) is 5.00. The Hall–Kier alpha value is -2.46. The fraction of sp³-hybridized carbons (Fsp3) is 0.238. The third-order valence-electron chi connectivity index (χ3n) is 4.10. The summed E-state index contributed by atoms with van der Waals surface area (Å²) in [5, 5.41) is 0.869. The highest BCUT2D eigenvalue weighted by atomic mass is 32.1. The highest BCUT2D eigenvalue weighted by Crippen LogP contribution is 2.30. The Bertz CT molecular complexity index is 884. The van der Waals surface area contributed by atoms with E-state index in [9.17, 15) is 4.79 Å². The van der Waals surface area contributed by atoms with Crippen LogP contribution in [0.1, 0.15) is 34.6 Å². The minimum Gasteiger partial charge on any atom is -0.305 e. The Morgan fingerprint density at radius 3 is 2.48 bits per heavy atom. The number of aryl methyl sites for hydroxylation is 2. The first-order valence-corrected chi connectivity index (χ1v) is 9.21. The maximum absolute atomic E-state index is 13.2. The average molecular weight is 350 g/mol. The van der Waals surface area contributed by atoms with Gasteiger partial charge >= 0.3 is 0 Å². The molecule has 0 fully saturated rings. The third-order valence-corrected chi connectivity index (χ3v) is 5.13. The second-order valence-electron chi connectivity index (χ2n) is 6.45. The van der Waals surface area contributed by atoms with E-state index < -0.39 is 0 Å². The predicted molar refractivity (Wildman–Crippen MR) is 105 cm³/mol. The molecule has 0 N–H and O–H groups in total. The number of carbonyl (C=O) groups excluding carboxylic acids is 1. The molecule has 3 rings (SSSR count). The van der Waals surface area contributed by atoms with Crippen LogP contribution in [0.15, 0.2) is 54.7 Å². The lowest BCUT2D eigenvalue weighted by Gasteiger charge is -2.28. The zero-order valence-corrected chi connectivity index (χ0v) is 15.8. The van der Waals surface area contributed by atoms with Gasteiger partial charge in [-0.1, -0.05) is 42.5 Å². The van der Waals surface area contributed by atoms with Crippen molar-refractivity contribution in [2.24, 2.45) is 0 Å². The van der Waals surface area contributed by atoms with E-state index in [0.29, 0.717) is 4.88 Å². The van der Waals surface area contributed by atoms with Crippen molar-refractivity contribution in [3.8, 4) is 10.6 Å². The van der Waals surface area contributed by atoms with Gasteiger partial charge in [0.25, 0.3) is 5.91 Å². The average Bonchev–Trinajstić information content (AvgIpc) is 3.09. The number of aromatic nitrogens is 1. The largest absolute Gasteiger partial charge is 0.305 e. The molecule has 2 aromatic carbocycles. The topological polar surface area (TPSA) is 33.2 Å². The Balaban J connectivity index is 1.97. The smallest absolute Gasteiger partial charge is 0.270 e. The van der Waals surface area contributed by atoms with Crippen molar-refractivity contribution in [2.45, 2.75) is 33.7 Å². The number of nitrogens with zero attached hydrogens (tertiary/aromatic N) is 2. The van der Waals surface area contributed by atoms with Crippen LogP contribution in [0.3, 0.4) is 0 Å². The lowest BCUT2D eigenvalue weighted by Crippen LogP contribution is -2.37. The molecule has 1 heterocycles. The molecule has 0 radical (unpaired) electrons. The zero-order valence-electron chi connectivity index (χ0n) is 15.0. The predicted octanol–water partition coefficient (Wildman–Crippen LogP) is 5.48. The third kappa shape index (κ3) is 3.64. The Morgan fingerprint density at radius 2 is 1.80 bits per heavy atom. The summed E-state index contributed by atoms with van der Waals surface area (Å²) in [7, 11) is 0. The van der Waals surface area contributed by atoms with Crippen molar-refractivity contribution < 1.29 is 4.79 Å². The van der Waals surface area contributed by atoms with E-state index in [2.05, 4.69) is 23.2 Å². The number of rotatable bonds is 4. The summed E-state index contributed by atoms with van der Waals surface area (Å²) in [6, 6.07) is 16.2. The molecule has 3 nitrogen and oxygen atoms in total. The lowest BCUT2D eigenvalue weighted by molar-refractivity contribution is 0.0984. The summed E-state index contributed by atoms with van der Waals surface area (Å²) in [6.07, 6.45) is 1.69. The molecule has 0 atom stereocenters. The first-order chi connectivity index (χ1) is 12.0. The van der Waals surface area contributed by atoms with E-state index in [0.717, 1.165) is 27.4 Å². The van der Waals surface area contributed by atoms with Gasteiger partial charge in [-0.2, -0.15) is 0 Å². The first-order valence-electron chi connectivity index (χ1n) is 8.39. The number of thiazole rings is 1. The Morgan fingerprint density at radius 1 is 1.08 bits per heavy atom. The summed E-state index contributed by atoms with van der Waals surface area (Å²) in [6.45, 7) is 8.17. The quantitative estimate of drug-likeness (QED) is 0.624. The van der Waals surface area contributed by atoms with Crippen LogP contribution in [0.2, 0.25) is 0 Å². The van der Waals surface area contributed by atoms with Crippen molar-refractivity contribution in [1.82, 2.24) is 4.98 Å². The van der Waals surface area contributed by atoms with E-state index in [1.54, 1.807) is 6.20 Å². The van der Waals surface area contributed by atoms with Gasteiger partial charge in [0, 0.05) is 17.3 Å². The number of hydrogen-bond acceptors (Lipinski definition) is 3. The molecule has 1 aromatic heterocycles. The maximum atomic E-state index is 13.2. The minimum absolute atomic E-state index is 0.00313. The summed E-state index contributed by atoms with van der Waals surface area (Å²) >= 11 is 1.44. The molecule has 0 bridgehead atoms. The first kappa shape index (κ1) is 17.4. The van der Waals surface area contributed by atoms with Gasteiger partial charge in [0.1, 0.15) is 9.88 Å². The normalized spacial score (nSPS) is 10.9. The second-order valence-corrected chi connectivity index (χ2v) is 7.49. The number of amides is 1. The van der Waals surface area contributed by atoms with Gasteiger partial charge in [-0.15, -0.1) is 11.3 Å². The molecule has 0 aliphatic carbocycles. The van der Waals surface area contributed by atoms with Crippen LogP contribution in [-0.4, -0.2) is 16.9 Å². The van der Waals surface area contributed by atoms with Gasteiger partial charge < -0.3 is 4.90 Å². The van der Waals surface area contributed by atoms with Crippen molar-refractivity contribution in [1.29, 1.82) is 0 Å². The van der Waals surface area contributed by atoms with Crippen LogP contribution < -0.4 is 4.90 Å². The zero-order chi connectivity index (χ0) is 18.0. The lowest BCUT2D eigenvalue weighted by atomic mass is 10.1. The van der Waals surface area contributed by atoms with Gasteiger partial charge in [-0.3, -0.25) is 4.79 Å². The van der Waals surface area contributed by atoms with Crippen molar-refractivity contribution in [2.75, 3.05) is 4.90 Å². The molecule has 0 saturated heterocycles. The summed E-state index contributed by atoms with van der Waals surface area (Å²) in [5.41, 5.74) is 4.25. The summed E-state index contributed by atoms with van der Waals surface area (Å²) < 4.78 is 0. The molecule has 128 valence electrons. The standard InChI is InChI=1S/C21H22N2OS/c1-14(2)23(18-12-15(3)10-11-16(18)4)21(24)19-13-22-20(25-19)17-8-6-5-7-9-17/h5-14H,1-4H3. The van der Waals surface area contributed by atoms with Gasteiger partial charge in [-0.05, 0) is 44.9 Å². The fourth-order valence-corrected chi connectivity index (χ4v) is 3.67. The molecule has 0 spiro atoms. The minimum atomic E-state index is 0.00313. The molecule has 1 amide bonds. The monoisotopic (exact) mass is 350 g/mol. The van der Waals surface area contributed by atoms with Crippen LogP contribution in [0.25, 0.3) is 10.6 Å². The van der Waals surface area contributed by atoms with Crippen molar-refractivity contribution in [3.63, 3.8) is 0 Å². The SMILES string of the molecule is Cc1ccc(C)c(N(C(=O)c2cnc(-c3ccccc3)s2)C(C)C)c1. The molecule has 0 aliphatic rings. The maximum Gasteiger partial charge on any atom is 0.270 e. The van der Waals surface area contributed by atoms with Crippen LogP contribution >= 0.6 is 11.3 Å². The molecule has 4 heteroatoms. The molecule has 0 unspecified atom stereocenters. The number of anilines is 1. The van der Waals surface area contributed by atoms with Gasteiger partial charge in [0.05, 0.1) is 6.20 Å². The van der Waals surface area contributed by atoms with Crippen molar-refractivity contribution in [3.05, 3.63) is 70.7 Å². The number of carbonyl (C=O) groups is 1. The highest BCUT2D eigenvalue weighted by Gasteiger charge is 2.24.